The van der Waals surface area contributed by atoms with Gasteiger partial charge in [0.2, 0.25) is 5.91 Å². The minimum atomic E-state index is -0.621. The molecule has 2 aliphatic rings. The highest BCUT2D eigenvalue weighted by atomic mass is 16.6. The summed E-state index contributed by atoms with van der Waals surface area (Å²) >= 11 is 0. The Morgan fingerprint density at radius 1 is 1.10 bits per heavy atom. The topological polar surface area (TPSA) is 137 Å². The predicted octanol–water partition coefficient (Wildman–Crippen LogP) is 1.96. The van der Waals surface area contributed by atoms with E-state index in [0.29, 0.717) is 62.7 Å². The molecule has 1 saturated heterocycles. The van der Waals surface area contributed by atoms with E-state index in [4.69, 9.17) is 14.2 Å². The van der Waals surface area contributed by atoms with Crippen LogP contribution in [0.3, 0.4) is 0 Å². The van der Waals surface area contributed by atoms with Gasteiger partial charge in [-0.15, -0.1) is 5.10 Å². The Bertz CT molecular complexity index is 1310. The normalized spacial score (nSPS) is 17.1. The molecule has 13 nitrogen and oxygen atoms in total. The zero-order valence-electron chi connectivity index (χ0n) is 22.2. The van der Waals surface area contributed by atoms with Gasteiger partial charge >= 0.3 is 6.09 Å². The average Bonchev–Trinajstić information content (AvgIpc) is 3.46. The van der Waals surface area contributed by atoms with Crippen molar-refractivity contribution in [2.24, 2.45) is 0 Å². The van der Waals surface area contributed by atoms with E-state index in [9.17, 15) is 9.59 Å². The fourth-order valence-corrected chi connectivity index (χ4v) is 4.43. The molecule has 39 heavy (non-hydrogen) atoms. The number of nitrogens with one attached hydrogen (secondary N) is 1. The lowest BCUT2D eigenvalue weighted by molar-refractivity contribution is -0.121. The Morgan fingerprint density at radius 3 is 2.69 bits per heavy atom. The van der Waals surface area contributed by atoms with Crippen LogP contribution in [-0.4, -0.2) is 86.4 Å². The van der Waals surface area contributed by atoms with Gasteiger partial charge in [-0.1, -0.05) is 11.3 Å². The van der Waals surface area contributed by atoms with Crippen LogP contribution in [0.2, 0.25) is 0 Å². The maximum atomic E-state index is 13.1. The molecular weight excluding hydrogens is 504 g/mol. The Kier molecular flexibility index (Phi) is 7.48. The molecule has 0 radical (unpaired) electrons. The molecule has 0 aliphatic carbocycles. The zero-order valence-corrected chi connectivity index (χ0v) is 22.2. The minimum Gasteiger partial charge on any atom is -0.486 e. The molecule has 2 aromatic heterocycles. The number of aromatic nitrogens is 5. The molecule has 1 fully saturated rings. The molecule has 2 amide bonds. The Morgan fingerprint density at radius 2 is 1.92 bits per heavy atom. The number of carbonyl (C=O) groups excluding carboxylic acids is 2. The number of anilines is 1. The molecule has 1 aromatic carbocycles. The predicted molar refractivity (Wildman–Crippen MR) is 140 cm³/mol. The van der Waals surface area contributed by atoms with Crippen molar-refractivity contribution in [3.05, 3.63) is 48.4 Å². The van der Waals surface area contributed by atoms with Crippen LogP contribution in [0.5, 0.6) is 11.5 Å². The van der Waals surface area contributed by atoms with E-state index < -0.39 is 11.7 Å². The van der Waals surface area contributed by atoms with Gasteiger partial charge in [-0.2, -0.15) is 9.67 Å². The van der Waals surface area contributed by atoms with Crippen LogP contribution in [0.1, 0.15) is 32.8 Å². The lowest BCUT2D eigenvalue weighted by atomic mass is 10.1. The van der Waals surface area contributed by atoms with Crippen molar-refractivity contribution in [1.29, 1.82) is 0 Å². The highest BCUT2D eigenvalue weighted by Gasteiger charge is 2.34. The summed E-state index contributed by atoms with van der Waals surface area (Å²) in [6.45, 7) is 8.03. The molecule has 2 aliphatic heterocycles. The number of rotatable bonds is 6. The molecule has 0 spiro atoms. The second kappa shape index (κ2) is 11.1. The monoisotopic (exact) mass is 536 g/mol. The van der Waals surface area contributed by atoms with Gasteiger partial charge < -0.3 is 29.3 Å². The van der Waals surface area contributed by atoms with Crippen LogP contribution < -0.4 is 19.7 Å². The molecule has 3 aromatic rings. The molecule has 0 saturated carbocycles. The second-order valence-electron chi connectivity index (χ2n) is 10.3. The summed E-state index contributed by atoms with van der Waals surface area (Å²) < 4.78 is 18.3. The van der Waals surface area contributed by atoms with Crippen LogP contribution >= 0.6 is 0 Å². The van der Waals surface area contributed by atoms with Gasteiger partial charge in [0.1, 0.15) is 24.6 Å². The van der Waals surface area contributed by atoms with Crippen molar-refractivity contribution < 1.29 is 23.8 Å². The van der Waals surface area contributed by atoms with Crippen LogP contribution in [-0.2, 0) is 16.1 Å². The number of amides is 2. The third-order valence-corrected chi connectivity index (χ3v) is 6.20. The quantitative estimate of drug-likeness (QED) is 0.498. The van der Waals surface area contributed by atoms with E-state index in [0.717, 1.165) is 5.56 Å². The van der Waals surface area contributed by atoms with Crippen molar-refractivity contribution in [3.63, 3.8) is 0 Å². The third kappa shape index (κ3) is 6.54. The highest BCUT2D eigenvalue weighted by Crippen LogP contribution is 2.30. The van der Waals surface area contributed by atoms with Crippen molar-refractivity contribution >= 4 is 17.8 Å². The van der Waals surface area contributed by atoms with Gasteiger partial charge in [0.15, 0.2) is 11.5 Å². The number of fused-ring (bicyclic) bond motifs is 1. The fourth-order valence-electron chi connectivity index (χ4n) is 4.43. The number of carbonyl (C=O) groups is 2. The maximum Gasteiger partial charge on any atom is 0.410 e. The van der Waals surface area contributed by atoms with Crippen molar-refractivity contribution in [1.82, 2.24) is 35.2 Å². The van der Waals surface area contributed by atoms with Crippen LogP contribution in [0.25, 0.3) is 5.95 Å². The van der Waals surface area contributed by atoms with E-state index in [1.165, 1.54) is 4.68 Å². The lowest BCUT2D eigenvalue weighted by Gasteiger charge is -2.42. The first-order chi connectivity index (χ1) is 18.7. The summed E-state index contributed by atoms with van der Waals surface area (Å²) in [6, 6.07) is 7.06. The summed E-state index contributed by atoms with van der Waals surface area (Å²) in [5, 5.41) is 10.8. The van der Waals surface area contributed by atoms with Crippen molar-refractivity contribution in [2.75, 3.05) is 37.7 Å². The van der Waals surface area contributed by atoms with Gasteiger partial charge in [-0.25, -0.2) is 9.78 Å². The fraction of sp³-hybridized carbons (Fsp3) is 0.462. The average molecular weight is 537 g/mol. The molecule has 4 heterocycles. The molecule has 5 rings (SSSR count). The number of benzene rings is 1. The SMILES string of the molecule is CC(C)(C)OC(=O)N1CCN(c2ccnc(-n3ccnn3)n2)C(CC(=O)NCc2ccc3c(c2)OCCO3)C1. The van der Waals surface area contributed by atoms with Gasteiger partial charge in [0.25, 0.3) is 5.95 Å². The molecular formula is C26H32N8O5. The van der Waals surface area contributed by atoms with E-state index in [2.05, 4.69) is 25.6 Å². The highest BCUT2D eigenvalue weighted by molar-refractivity contribution is 5.77. The van der Waals surface area contributed by atoms with Gasteiger partial charge in [0.05, 0.1) is 18.4 Å². The summed E-state index contributed by atoms with van der Waals surface area (Å²) in [6.07, 6.45) is 4.58. The Hall–Kier alpha value is -4.42. The smallest absolute Gasteiger partial charge is 0.410 e. The lowest BCUT2D eigenvalue weighted by Crippen LogP contribution is -2.57. The summed E-state index contributed by atoms with van der Waals surface area (Å²) in [4.78, 5) is 38.6. The summed E-state index contributed by atoms with van der Waals surface area (Å²) in [7, 11) is 0. The largest absolute Gasteiger partial charge is 0.486 e. The molecule has 206 valence electrons. The zero-order chi connectivity index (χ0) is 27.4. The number of piperazine rings is 1. The van der Waals surface area contributed by atoms with Crippen LogP contribution in [0, 0.1) is 0 Å². The van der Waals surface area contributed by atoms with Gasteiger partial charge in [0, 0.05) is 38.8 Å². The van der Waals surface area contributed by atoms with Crippen molar-refractivity contribution in [2.45, 2.75) is 45.4 Å². The minimum absolute atomic E-state index is 0.145. The summed E-state index contributed by atoms with van der Waals surface area (Å²) in [5.41, 5.74) is 0.279. The number of hydrogen-bond acceptors (Lipinski definition) is 10. The first-order valence-electron chi connectivity index (χ1n) is 12.8. The maximum absolute atomic E-state index is 13.1. The molecule has 1 atom stereocenters. The number of hydrogen-bond donors (Lipinski definition) is 1. The summed E-state index contributed by atoms with van der Waals surface area (Å²) in [5.74, 6) is 2.21. The standard InChI is InChI=1S/C26H32N8O5/c1-26(2,3)39-25(36)32-10-11-33(22-6-7-27-24(30-22)34-9-8-29-31-34)19(17-32)15-23(35)28-16-18-4-5-20-21(14-18)38-13-12-37-20/h4-9,14,19H,10-13,15-17H2,1-3H3,(H,28,35). The van der Waals surface area contributed by atoms with Crippen LogP contribution in [0.4, 0.5) is 10.6 Å². The molecule has 13 heteroatoms. The third-order valence-electron chi connectivity index (χ3n) is 6.20. The molecule has 1 N–H and O–H groups in total. The van der Waals surface area contributed by atoms with Gasteiger partial charge in [-0.3, -0.25) is 4.79 Å². The van der Waals surface area contributed by atoms with Crippen molar-refractivity contribution in [3.8, 4) is 17.4 Å². The Labute approximate surface area is 226 Å². The van der Waals surface area contributed by atoms with E-state index in [1.54, 1.807) is 29.6 Å². The van der Waals surface area contributed by atoms with Gasteiger partial charge in [-0.05, 0) is 44.5 Å². The van der Waals surface area contributed by atoms with E-state index in [1.807, 2.05) is 43.9 Å². The molecule has 0 bridgehead atoms. The second-order valence-corrected chi connectivity index (χ2v) is 10.3. The number of nitrogens with zero attached hydrogens (tertiary/aromatic N) is 7. The van der Waals surface area contributed by atoms with E-state index >= 15 is 0 Å². The molecule has 1 unspecified atom stereocenters. The van der Waals surface area contributed by atoms with Crippen LogP contribution in [0.15, 0.2) is 42.9 Å². The first kappa shape index (κ1) is 26.2. The van der Waals surface area contributed by atoms with E-state index in [-0.39, 0.29) is 18.4 Å². The number of ether oxygens (including phenoxy) is 3. The first-order valence-corrected chi connectivity index (χ1v) is 12.8. The Balaban J connectivity index is 1.30.